The van der Waals surface area contributed by atoms with Gasteiger partial charge < -0.3 is 0 Å². The summed E-state index contributed by atoms with van der Waals surface area (Å²) in [6, 6.07) is 49.4. The highest BCUT2D eigenvalue weighted by Crippen LogP contribution is 2.38. The predicted octanol–water partition coefficient (Wildman–Crippen LogP) is 11.3. The Balaban J connectivity index is 1.36. The van der Waals surface area contributed by atoms with Crippen LogP contribution in [0, 0.1) is 13.8 Å². The molecule has 7 aromatic rings. The van der Waals surface area contributed by atoms with Crippen molar-refractivity contribution in [3.63, 3.8) is 0 Å². The molecule has 0 amide bonds. The van der Waals surface area contributed by atoms with E-state index in [4.69, 9.17) is 4.99 Å². The van der Waals surface area contributed by atoms with Crippen LogP contribution in [0.15, 0.2) is 151 Å². The zero-order valence-corrected chi connectivity index (χ0v) is 25.4. The second-order valence-corrected chi connectivity index (χ2v) is 11.4. The minimum atomic E-state index is 0.738. The molecule has 2 heteroatoms. The van der Waals surface area contributed by atoms with Crippen LogP contribution in [0.25, 0.3) is 60.9 Å². The van der Waals surface area contributed by atoms with Crippen LogP contribution in [0.4, 0.5) is 0 Å². The molecule has 0 N–H and O–H groups in total. The molecule has 0 saturated carbocycles. The first kappa shape index (κ1) is 27.4. The zero-order chi connectivity index (χ0) is 30.2. The minimum Gasteiger partial charge on any atom is -0.297 e. The number of fused-ring (bicyclic) bond motifs is 3. The van der Waals surface area contributed by atoms with Crippen molar-refractivity contribution < 1.29 is 0 Å². The van der Waals surface area contributed by atoms with Gasteiger partial charge in [0.1, 0.15) is 5.84 Å². The lowest BCUT2D eigenvalue weighted by Gasteiger charge is -2.15. The molecule has 0 fully saturated rings. The number of aryl methyl sites for hydroxylation is 2. The summed E-state index contributed by atoms with van der Waals surface area (Å²) in [5.41, 5.74) is 13.8. The molecular weight excluding hydrogens is 532 g/mol. The molecule has 0 radical (unpaired) electrons. The van der Waals surface area contributed by atoms with Gasteiger partial charge in [-0.3, -0.25) is 4.57 Å². The third-order valence-corrected chi connectivity index (χ3v) is 8.66. The van der Waals surface area contributed by atoms with E-state index in [9.17, 15) is 0 Å². The molecule has 6 aromatic carbocycles. The molecule has 2 nitrogen and oxygen atoms in total. The normalized spacial score (nSPS) is 11.8. The van der Waals surface area contributed by atoms with E-state index in [1.54, 1.807) is 0 Å². The molecule has 0 spiro atoms. The fraction of sp³-hybridized carbons (Fsp3) is 0.0714. The highest BCUT2D eigenvalue weighted by atomic mass is 15.1. The van der Waals surface area contributed by atoms with E-state index in [1.165, 1.54) is 49.7 Å². The summed E-state index contributed by atoms with van der Waals surface area (Å²) >= 11 is 0. The Morgan fingerprint density at radius 3 is 2.05 bits per heavy atom. The fourth-order valence-corrected chi connectivity index (χ4v) is 6.51. The van der Waals surface area contributed by atoms with E-state index in [-0.39, 0.29) is 0 Å². The molecule has 7 rings (SSSR count). The van der Waals surface area contributed by atoms with Crippen LogP contribution in [0.5, 0.6) is 0 Å². The van der Waals surface area contributed by atoms with Crippen molar-refractivity contribution in [3.8, 4) is 33.4 Å². The van der Waals surface area contributed by atoms with Crippen LogP contribution < -0.4 is 0 Å². The summed E-state index contributed by atoms with van der Waals surface area (Å²) in [6.07, 6.45) is 0. The largest absolute Gasteiger partial charge is 0.297 e. The number of aromatic nitrogens is 1. The minimum absolute atomic E-state index is 0.738. The summed E-state index contributed by atoms with van der Waals surface area (Å²) < 4.78 is 2.31. The number of nitrogens with zero attached hydrogens (tertiary/aromatic N) is 2. The topological polar surface area (TPSA) is 17.3 Å². The van der Waals surface area contributed by atoms with Crippen molar-refractivity contribution in [2.24, 2.45) is 4.99 Å². The summed E-state index contributed by atoms with van der Waals surface area (Å²) in [6.45, 7) is 11.0. The van der Waals surface area contributed by atoms with Crippen LogP contribution in [-0.4, -0.2) is 10.4 Å². The molecule has 44 heavy (non-hydrogen) atoms. The molecule has 0 aliphatic carbocycles. The van der Waals surface area contributed by atoms with E-state index < -0.39 is 0 Å². The fourth-order valence-electron chi connectivity index (χ4n) is 6.51. The number of hydrogen-bond donors (Lipinski definition) is 0. The maximum Gasteiger partial charge on any atom is 0.111 e. The van der Waals surface area contributed by atoms with Crippen molar-refractivity contribution in [1.82, 2.24) is 4.57 Å². The third-order valence-electron chi connectivity index (χ3n) is 8.66. The highest BCUT2D eigenvalue weighted by Gasteiger charge is 2.18. The molecule has 0 unspecified atom stereocenters. The van der Waals surface area contributed by atoms with Gasteiger partial charge in [-0.15, -0.1) is 0 Å². The van der Waals surface area contributed by atoms with Gasteiger partial charge in [-0.05, 0) is 77.4 Å². The van der Waals surface area contributed by atoms with Crippen molar-refractivity contribution in [2.75, 3.05) is 0 Å². The average Bonchev–Trinajstić information content (AvgIpc) is 3.41. The lowest BCUT2D eigenvalue weighted by Crippen LogP contribution is -2.08. The van der Waals surface area contributed by atoms with Gasteiger partial charge in [0.25, 0.3) is 0 Å². The Hall–Kier alpha value is -5.47. The quantitative estimate of drug-likeness (QED) is 0.146. The second-order valence-electron chi connectivity index (χ2n) is 11.4. The number of para-hydroxylation sites is 1. The van der Waals surface area contributed by atoms with Crippen LogP contribution >= 0.6 is 0 Å². The second kappa shape index (κ2) is 11.3. The Morgan fingerprint density at radius 2 is 1.23 bits per heavy atom. The smallest absolute Gasteiger partial charge is 0.111 e. The Bertz CT molecular complexity index is 2210. The molecule has 0 aliphatic heterocycles. The molecule has 1 aromatic heterocycles. The van der Waals surface area contributed by atoms with Crippen molar-refractivity contribution in [3.05, 3.63) is 163 Å². The SMILES string of the molecule is C=C(N=C(C)n1c2ccccc2c2ccc(-c3ccccc3C)c(C)c21)c1ccccc1-c1cccc(-c2ccccc2)c1. The lowest BCUT2D eigenvalue weighted by molar-refractivity contribution is 1.22. The van der Waals surface area contributed by atoms with Gasteiger partial charge in [-0.1, -0.05) is 134 Å². The van der Waals surface area contributed by atoms with Gasteiger partial charge in [0, 0.05) is 16.3 Å². The molecule has 0 aliphatic rings. The Labute approximate surface area is 259 Å². The van der Waals surface area contributed by atoms with Crippen LogP contribution in [0.3, 0.4) is 0 Å². The van der Waals surface area contributed by atoms with Crippen LogP contribution in [-0.2, 0) is 0 Å². The first-order valence-corrected chi connectivity index (χ1v) is 15.1. The van der Waals surface area contributed by atoms with E-state index >= 15 is 0 Å². The summed E-state index contributed by atoms with van der Waals surface area (Å²) in [5, 5.41) is 2.45. The number of rotatable bonds is 5. The van der Waals surface area contributed by atoms with E-state index in [0.717, 1.165) is 33.7 Å². The zero-order valence-electron chi connectivity index (χ0n) is 25.4. The molecule has 212 valence electrons. The maximum atomic E-state index is 5.20. The Kier molecular flexibility index (Phi) is 7.04. The lowest BCUT2D eigenvalue weighted by atomic mass is 9.95. The summed E-state index contributed by atoms with van der Waals surface area (Å²) in [4.78, 5) is 5.20. The van der Waals surface area contributed by atoms with Crippen molar-refractivity contribution >= 4 is 33.3 Å². The standard InChI is InChI=1S/C42H34N2/c1-28-15-8-9-20-35(28)36-25-26-40-39-23-12-13-24-41(39)44(42(40)29(36)2)31(4)43-30(3)37-21-10-11-22-38(37)34-19-14-18-33(27-34)32-16-6-5-7-17-32/h5-27H,3H2,1-2,4H3. The van der Waals surface area contributed by atoms with Gasteiger partial charge in [-0.2, -0.15) is 0 Å². The van der Waals surface area contributed by atoms with Gasteiger partial charge in [0.2, 0.25) is 0 Å². The third kappa shape index (κ3) is 4.75. The predicted molar refractivity (Wildman–Crippen MR) is 189 cm³/mol. The summed E-state index contributed by atoms with van der Waals surface area (Å²) in [7, 11) is 0. The summed E-state index contributed by atoms with van der Waals surface area (Å²) in [5.74, 6) is 0.888. The van der Waals surface area contributed by atoms with E-state index in [0.29, 0.717) is 0 Å². The Morgan fingerprint density at radius 1 is 0.568 bits per heavy atom. The monoisotopic (exact) mass is 566 g/mol. The molecule has 0 saturated heterocycles. The van der Waals surface area contributed by atoms with Crippen LogP contribution in [0.2, 0.25) is 0 Å². The van der Waals surface area contributed by atoms with Crippen molar-refractivity contribution in [1.29, 1.82) is 0 Å². The first-order valence-electron chi connectivity index (χ1n) is 15.1. The highest BCUT2D eigenvalue weighted by molar-refractivity contribution is 6.16. The number of aliphatic imine (C=N–C) groups is 1. The van der Waals surface area contributed by atoms with Gasteiger partial charge in [-0.25, -0.2) is 4.99 Å². The van der Waals surface area contributed by atoms with Gasteiger partial charge in [0.05, 0.1) is 16.7 Å². The molecular formula is C42H34N2. The van der Waals surface area contributed by atoms with E-state index in [1.807, 2.05) is 0 Å². The van der Waals surface area contributed by atoms with Crippen molar-refractivity contribution in [2.45, 2.75) is 20.8 Å². The molecule has 1 heterocycles. The molecule has 0 atom stereocenters. The molecule has 0 bridgehead atoms. The maximum absolute atomic E-state index is 5.20. The first-order chi connectivity index (χ1) is 21.5. The van der Waals surface area contributed by atoms with Gasteiger partial charge >= 0.3 is 0 Å². The van der Waals surface area contributed by atoms with Gasteiger partial charge in [0.15, 0.2) is 0 Å². The average molecular weight is 567 g/mol. The number of benzene rings is 6. The number of hydrogen-bond acceptors (Lipinski definition) is 1. The van der Waals surface area contributed by atoms with E-state index in [2.05, 4.69) is 171 Å². The van der Waals surface area contributed by atoms with Crippen LogP contribution in [0.1, 0.15) is 23.6 Å².